The fourth-order valence-electron chi connectivity index (χ4n) is 4.47. The number of carbonyl (C=O) groups excluding carboxylic acids is 1. The molecule has 2 fully saturated rings. The van der Waals surface area contributed by atoms with Crippen molar-refractivity contribution in [2.24, 2.45) is 23.2 Å². The van der Waals surface area contributed by atoms with Crippen LogP contribution in [0.15, 0.2) is 0 Å². The average molecular weight is 276 g/mol. The minimum atomic E-state index is -0.912. The predicted octanol–water partition coefficient (Wildman–Crippen LogP) is 3.57. The van der Waals surface area contributed by atoms with Gasteiger partial charge in [-0.15, -0.1) is 5.92 Å². The van der Waals surface area contributed by atoms with Crippen molar-refractivity contribution >= 4 is 6.29 Å². The second-order valence-corrected chi connectivity index (χ2v) is 7.40. The summed E-state index contributed by atoms with van der Waals surface area (Å²) in [5.74, 6) is 7.56. The van der Waals surface area contributed by atoms with Crippen LogP contribution in [0.4, 0.5) is 0 Å². The summed E-state index contributed by atoms with van der Waals surface area (Å²) in [5, 5.41) is 9.65. The maximum atomic E-state index is 11.8. The summed E-state index contributed by atoms with van der Waals surface area (Å²) < 4.78 is 0. The van der Waals surface area contributed by atoms with Crippen LogP contribution in [0.25, 0.3) is 0 Å². The van der Waals surface area contributed by atoms with Crippen molar-refractivity contribution in [1.29, 1.82) is 0 Å². The summed E-state index contributed by atoms with van der Waals surface area (Å²) in [5.41, 5.74) is -0.973. The molecular formula is C18H28O2. The van der Waals surface area contributed by atoms with E-state index in [9.17, 15) is 9.90 Å². The molecule has 2 nitrogen and oxygen atoms in total. The van der Waals surface area contributed by atoms with Gasteiger partial charge in [0, 0.05) is 11.8 Å². The third-order valence-corrected chi connectivity index (χ3v) is 5.41. The first-order valence-corrected chi connectivity index (χ1v) is 8.08. The topological polar surface area (TPSA) is 37.3 Å². The first kappa shape index (κ1) is 15.6. The van der Waals surface area contributed by atoms with E-state index in [2.05, 4.69) is 18.8 Å². The summed E-state index contributed by atoms with van der Waals surface area (Å²) in [7, 11) is 0. The lowest BCUT2D eigenvalue weighted by molar-refractivity contribution is -0.123. The molecule has 4 atom stereocenters. The standard InChI is InChI=1S/C18H28O2/c1-14(7-6-11-17(2,3)20)16-10-9-15-8-4-5-12-18(15,16)13-19/h13-16,20H,4-5,7-10,12H2,1-3H3. The van der Waals surface area contributed by atoms with E-state index < -0.39 is 5.60 Å². The molecule has 0 aliphatic heterocycles. The highest BCUT2D eigenvalue weighted by molar-refractivity contribution is 5.62. The minimum Gasteiger partial charge on any atom is -0.378 e. The third kappa shape index (κ3) is 3.09. The number of hydrogen-bond donors (Lipinski definition) is 1. The minimum absolute atomic E-state index is 0.0614. The first-order valence-electron chi connectivity index (χ1n) is 8.08. The monoisotopic (exact) mass is 276 g/mol. The molecule has 0 saturated heterocycles. The number of carbonyl (C=O) groups is 1. The highest BCUT2D eigenvalue weighted by atomic mass is 16.3. The zero-order valence-electron chi connectivity index (χ0n) is 13.1. The fraction of sp³-hybridized carbons (Fsp3) is 0.833. The maximum absolute atomic E-state index is 11.8. The largest absolute Gasteiger partial charge is 0.378 e. The molecule has 0 spiro atoms. The van der Waals surface area contributed by atoms with Crippen LogP contribution in [-0.4, -0.2) is 17.0 Å². The van der Waals surface area contributed by atoms with Crippen LogP contribution in [0.5, 0.6) is 0 Å². The molecular weight excluding hydrogens is 248 g/mol. The molecule has 2 saturated carbocycles. The summed E-state index contributed by atoms with van der Waals surface area (Å²) in [4.78, 5) is 11.8. The lowest BCUT2D eigenvalue weighted by atomic mass is 9.62. The van der Waals surface area contributed by atoms with Crippen molar-refractivity contribution in [3.05, 3.63) is 0 Å². The Bertz CT molecular complexity index is 409. The van der Waals surface area contributed by atoms with E-state index in [1.54, 1.807) is 13.8 Å². The molecule has 1 N–H and O–H groups in total. The van der Waals surface area contributed by atoms with E-state index in [4.69, 9.17) is 0 Å². The second-order valence-electron chi connectivity index (χ2n) is 7.40. The van der Waals surface area contributed by atoms with E-state index in [1.807, 2.05) is 0 Å². The number of hydrogen-bond acceptors (Lipinski definition) is 2. The highest BCUT2D eigenvalue weighted by Gasteiger charge is 2.52. The molecule has 20 heavy (non-hydrogen) atoms. The number of fused-ring (bicyclic) bond motifs is 1. The normalized spacial score (nSPS) is 34.8. The Kier molecular flexibility index (Phi) is 4.59. The third-order valence-electron chi connectivity index (χ3n) is 5.41. The van der Waals surface area contributed by atoms with Gasteiger partial charge in [0.25, 0.3) is 0 Å². The van der Waals surface area contributed by atoms with Crippen molar-refractivity contribution < 1.29 is 9.90 Å². The van der Waals surface area contributed by atoms with Gasteiger partial charge in [0.2, 0.25) is 0 Å². The quantitative estimate of drug-likeness (QED) is 0.632. The van der Waals surface area contributed by atoms with Crippen LogP contribution >= 0.6 is 0 Å². The zero-order valence-corrected chi connectivity index (χ0v) is 13.1. The van der Waals surface area contributed by atoms with Crippen molar-refractivity contribution in [2.75, 3.05) is 0 Å². The molecule has 4 unspecified atom stereocenters. The molecule has 0 aromatic rings. The molecule has 0 aromatic carbocycles. The Labute approximate surface area is 123 Å². The lowest BCUT2D eigenvalue weighted by Crippen LogP contribution is -2.39. The molecule has 0 heterocycles. The van der Waals surface area contributed by atoms with Crippen LogP contribution in [0.2, 0.25) is 0 Å². The smallest absolute Gasteiger partial charge is 0.126 e. The van der Waals surface area contributed by atoms with Crippen LogP contribution in [0.3, 0.4) is 0 Å². The Balaban J connectivity index is 2.07. The van der Waals surface area contributed by atoms with Gasteiger partial charge in [-0.2, -0.15) is 0 Å². The van der Waals surface area contributed by atoms with Gasteiger partial charge in [-0.1, -0.05) is 25.7 Å². The average Bonchev–Trinajstić information content (AvgIpc) is 2.76. The Morgan fingerprint density at radius 1 is 1.35 bits per heavy atom. The van der Waals surface area contributed by atoms with Crippen molar-refractivity contribution in [3.63, 3.8) is 0 Å². The first-order chi connectivity index (χ1) is 9.39. The van der Waals surface area contributed by atoms with Crippen LogP contribution < -0.4 is 0 Å². The van der Waals surface area contributed by atoms with Crippen LogP contribution in [0, 0.1) is 35.0 Å². The van der Waals surface area contributed by atoms with Crippen LogP contribution in [0.1, 0.15) is 65.7 Å². The van der Waals surface area contributed by atoms with E-state index in [-0.39, 0.29) is 5.41 Å². The molecule has 0 radical (unpaired) electrons. The molecule has 2 rings (SSSR count). The van der Waals surface area contributed by atoms with E-state index in [0.717, 1.165) is 12.8 Å². The second kappa shape index (κ2) is 5.90. The Morgan fingerprint density at radius 3 is 2.75 bits per heavy atom. The molecule has 112 valence electrons. The molecule has 2 heteroatoms. The summed E-state index contributed by atoms with van der Waals surface area (Å²) >= 11 is 0. The maximum Gasteiger partial charge on any atom is 0.126 e. The van der Waals surface area contributed by atoms with Gasteiger partial charge in [-0.05, 0) is 57.3 Å². The van der Waals surface area contributed by atoms with Crippen molar-refractivity contribution in [3.8, 4) is 11.8 Å². The van der Waals surface area contributed by atoms with Gasteiger partial charge in [-0.3, -0.25) is 0 Å². The van der Waals surface area contributed by atoms with E-state index >= 15 is 0 Å². The number of rotatable bonds is 3. The number of aldehydes is 1. The van der Waals surface area contributed by atoms with Crippen molar-refractivity contribution in [1.82, 2.24) is 0 Å². The summed E-state index contributed by atoms with van der Waals surface area (Å²) in [6.45, 7) is 5.65. The highest BCUT2D eigenvalue weighted by Crippen LogP contribution is 2.57. The van der Waals surface area contributed by atoms with Gasteiger partial charge < -0.3 is 9.90 Å². The molecule has 2 aliphatic carbocycles. The Hall–Kier alpha value is -0.810. The zero-order chi connectivity index (χ0) is 14.8. The van der Waals surface area contributed by atoms with E-state index in [1.165, 1.54) is 38.4 Å². The lowest BCUT2D eigenvalue weighted by Gasteiger charge is -2.41. The van der Waals surface area contributed by atoms with E-state index in [0.29, 0.717) is 17.8 Å². The molecule has 0 aromatic heterocycles. The molecule has 0 bridgehead atoms. The number of aliphatic hydroxyl groups is 1. The molecule has 0 amide bonds. The van der Waals surface area contributed by atoms with Gasteiger partial charge in [0.1, 0.15) is 11.9 Å². The van der Waals surface area contributed by atoms with Crippen LogP contribution in [-0.2, 0) is 4.79 Å². The Morgan fingerprint density at radius 2 is 2.10 bits per heavy atom. The SMILES string of the molecule is CC(CC#CC(C)(C)O)C1CCC2CCCCC21C=O. The fourth-order valence-corrected chi connectivity index (χ4v) is 4.47. The van der Waals surface area contributed by atoms with Crippen molar-refractivity contribution in [2.45, 2.75) is 71.3 Å². The predicted molar refractivity (Wildman–Crippen MR) is 81.0 cm³/mol. The summed E-state index contributed by atoms with van der Waals surface area (Å²) in [6, 6.07) is 0. The van der Waals surface area contributed by atoms with Gasteiger partial charge in [-0.25, -0.2) is 0 Å². The van der Waals surface area contributed by atoms with Gasteiger partial charge >= 0.3 is 0 Å². The molecule has 2 aliphatic rings. The summed E-state index contributed by atoms with van der Waals surface area (Å²) in [6.07, 6.45) is 9.27. The van der Waals surface area contributed by atoms with Gasteiger partial charge in [0.15, 0.2) is 0 Å². The van der Waals surface area contributed by atoms with Gasteiger partial charge in [0.05, 0.1) is 0 Å².